The number of hydrogen-bond acceptors (Lipinski definition) is 1. The average molecular weight is 623 g/mol. The number of pyridine rings is 1. The highest BCUT2D eigenvalue weighted by atomic mass is 15.0. The summed E-state index contributed by atoms with van der Waals surface area (Å²) in [5.74, 6) is 0. The molecule has 0 aliphatic rings. The molecule has 0 spiro atoms. The second-order valence-electron chi connectivity index (χ2n) is 12.7. The summed E-state index contributed by atoms with van der Waals surface area (Å²) in [6.45, 7) is 0. The van der Waals surface area contributed by atoms with Gasteiger partial charge in [0.15, 0.2) is 0 Å². The van der Waals surface area contributed by atoms with Crippen molar-refractivity contribution >= 4 is 54.1 Å². The molecule has 0 bridgehead atoms. The molecule has 2 heteroatoms. The third-order valence-electron chi connectivity index (χ3n) is 9.96. The van der Waals surface area contributed by atoms with E-state index in [1.807, 2.05) is 6.07 Å². The molecule has 2 aromatic heterocycles. The summed E-state index contributed by atoms with van der Waals surface area (Å²) in [5.41, 5.74) is 10.1. The minimum Gasteiger partial charge on any atom is -0.309 e. The largest absolute Gasteiger partial charge is 0.309 e. The van der Waals surface area contributed by atoms with Crippen LogP contribution in [0.3, 0.4) is 0 Å². The predicted molar refractivity (Wildman–Crippen MR) is 207 cm³/mol. The molecule has 10 aromatic rings. The maximum Gasteiger partial charge on any atom is 0.0710 e. The summed E-state index contributed by atoms with van der Waals surface area (Å²) in [4.78, 5) is 5.25. The van der Waals surface area contributed by atoms with Crippen molar-refractivity contribution in [1.82, 2.24) is 9.55 Å². The van der Waals surface area contributed by atoms with Crippen LogP contribution in [-0.2, 0) is 0 Å². The Morgan fingerprint density at radius 3 is 1.57 bits per heavy atom. The normalized spacial score (nSPS) is 11.7. The first-order chi connectivity index (χ1) is 24.3. The van der Waals surface area contributed by atoms with Crippen LogP contribution < -0.4 is 0 Å². The van der Waals surface area contributed by atoms with Gasteiger partial charge in [0.25, 0.3) is 0 Å². The molecule has 0 atom stereocenters. The number of aromatic nitrogens is 2. The van der Waals surface area contributed by atoms with Gasteiger partial charge < -0.3 is 4.57 Å². The molecule has 0 saturated heterocycles. The highest BCUT2D eigenvalue weighted by Crippen LogP contribution is 2.43. The van der Waals surface area contributed by atoms with Crippen molar-refractivity contribution in [3.63, 3.8) is 0 Å². The lowest BCUT2D eigenvalue weighted by Gasteiger charge is -2.18. The number of rotatable bonds is 4. The van der Waals surface area contributed by atoms with Crippen LogP contribution >= 0.6 is 0 Å². The van der Waals surface area contributed by atoms with Crippen LogP contribution in [0.5, 0.6) is 0 Å². The minimum absolute atomic E-state index is 0.953. The summed E-state index contributed by atoms with van der Waals surface area (Å²) in [6.07, 6.45) is 0. The van der Waals surface area contributed by atoms with E-state index in [2.05, 4.69) is 180 Å². The van der Waals surface area contributed by atoms with Crippen molar-refractivity contribution < 1.29 is 0 Å². The molecule has 0 aliphatic heterocycles. The zero-order chi connectivity index (χ0) is 32.3. The maximum atomic E-state index is 5.25. The Labute approximate surface area is 284 Å². The number of fused-ring (bicyclic) bond motifs is 9. The first-order valence-electron chi connectivity index (χ1n) is 16.8. The first-order valence-corrected chi connectivity index (χ1v) is 16.8. The predicted octanol–water partition coefficient (Wildman–Crippen LogP) is 12.6. The monoisotopic (exact) mass is 622 g/mol. The Hall–Kier alpha value is -6.51. The Balaban J connectivity index is 1.35. The van der Waals surface area contributed by atoms with Gasteiger partial charge in [0.1, 0.15) is 0 Å². The fourth-order valence-electron chi connectivity index (χ4n) is 7.74. The highest BCUT2D eigenvalue weighted by Gasteiger charge is 2.20. The Kier molecular flexibility index (Phi) is 6.22. The summed E-state index contributed by atoms with van der Waals surface area (Å²) >= 11 is 0. The van der Waals surface area contributed by atoms with E-state index in [9.17, 15) is 0 Å². The molecule has 49 heavy (non-hydrogen) atoms. The lowest BCUT2D eigenvalue weighted by atomic mass is 9.91. The van der Waals surface area contributed by atoms with Gasteiger partial charge in [-0.15, -0.1) is 0 Å². The van der Waals surface area contributed by atoms with Gasteiger partial charge in [-0.3, -0.25) is 0 Å². The lowest BCUT2D eigenvalue weighted by Crippen LogP contribution is -1.99. The van der Waals surface area contributed by atoms with E-state index in [1.165, 1.54) is 65.3 Å². The average Bonchev–Trinajstić information content (AvgIpc) is 3.52. The number of para-hydroxylation sites is 1. The standard InChI is InChI=1S/C47H30N2/c1-3-14-31(15-4-1)33-26-27-45-40(28-33)38-21-11-12-25-44(38)49(45)46-30-34(43-24-13-23-42(48-43)32-16-5-2-6-17-32)29-41-37-20-8-7-18-35(37)36-19-9-10-22-39(36)47(41)46/h1-30H. The quantitative estimate of drug-likeness (QED) is 0.179. The van der Waals surface area contributed by atoms with Crippen molar-refractivity contribution in [2.24, 2.45) is 0 Å². The molecule has 0 amide bonds. The minimum atomic E-state index is 0.953. The van der Waals surface area contributed by atoms with Gasteiger partial charge in [-0.1, -0.05) is 140 Å². The van der Waals surface area contributed by atoms with Gasteiger partial charge in [-0.05, 0) is 80.5 Å². The Morgan fingerprint density at radius 1 is 0.306 bits per heavy atom. The van der Waals surface area contributed by atoms with Gasteiger partial charge in [0, 0.05) is 27.3 Å². The molecule has 0 radical (unpaired) electrons. The Morgan fingerprint density at radius 2 is 0.837 bits per heavy atom. The van der Waals surface area contributed by atoms with E-state index in [-0.39, 0.29) is 0 Å². The van der Waals surface area contributed by atoms with Crippen LogP contribution in [0.2, 0.25) is 0 Å². The van der Waals surface area contributed by atoms with Gasteiger partial charge in [-0.25, -0.2) is 4.98 Å². The molecule has 0 unspecified atom stereocenters. The van der Waals surface area contributed by atoms with E-state index in [0.717, 1.165) is 28.2 Å². The van der Waals surface area contributed by atoms with Crippen molar-refractivity contribution in [2.45, 2.75) is 0 Å². The number of hydrogen-bond donors (Lipinski definition) is 0. The van der Waals surface area contributed by atoms with Crippen LogP contribution in [0.15, 0.2) is 182 Å². The molecule has 0 N–H and O–H groups in total. The fourth-order valence-corrected chi connectivity index (χ4v) is 7.74. The molecule has 2 nitrogen and oxygen atoms in total. The topological polar surface area (TPSA) is 17.8 Å². The molecular formula is C47H30N2. The lowest BCUT2D eigenvalue weighted by molar-refractivity contribution is 1.20. The van der Waals surface area contributed by atoms with Gasteiger partial charge in [-0.2, -0.15) is 0 Å². The third kappa shape index (κ3) is 4.38. The van der Waals surface area contributed by atoms with Crippen LogP contribution in [0, 0.1) is 0 Å². The van der Waals surface area contributed by atoms with E-state index in [1.54, 1.807) is 0 Å². The van der Waals surface area contributed by atoms with Crippen molar-refractivity contribution in [1.29, 1.82) is 0 Å². The van der Waals surface area contributed by atoms with Crippen LogP contribution in [-0.4, -0.2) is 9.55 Å². The highest BCUT2D eigenvalue weighted by molar-refractivity contribution is 6.28. The van der Waals surface area contributed by atoms with Crippen molar-refractivity contribution in [3.8, 4) is 39.3 Å². The molecule has 228 valence electrons. The van der Waals surface area contributed by atoms with E-state index in [4.69, 9.17) is 4.98 Å². The molecule has 2 heterocycles. The summed E-state index contributed by atoms with van der Waals surface area (Å²) in [5, 5.41) is 9.95. The summed E-state index contributed by atoms with van der Waals surface area (Å²) in [6, 6.07) is 65.6. The molecule has 8 aromatic carbocycles. The summed E-state index contributed by atoms with van der Waals surface area (Å²) < 4.78 is 2.48. The number of nitrogens with zero attached hydrogens (tertiary/aromatic N) is 2. The molecule has 0 saturated carbocycles. The second-order valence-corrected chi connectivity index (χ2v) is 12.7. The SMILES string of the molecule is c1ccc(-c2ccc3c(c2)c2ccccc2n3-c2cc(-c3cccc(-c4ccccc4)n3)cc3c4ccccc4c4ccccc4c23)cc1. The number of benzene rings is 8. The van der Waals surface area contributed by atoms with Crippen LogP contribution in [0.1, 0.15) is 0 Å². The molecule has 0 fully saturated rings. The van der Waals surface area contributed by atoms with Crippen LogP contribution in [0.4, 0.5) is 0 Å². The van der Waals surface area contributed by atoms with E-state index >= 15 is 0 Å². The van der Waals surface area contributed by atoms with E-state index < -0.39 is 0 Å². The smallest absolute Gasteiger partial charge is 0.0710 e. The molecule has 0 aliphatic carbocycles. The Bertz CT molecular complexity index is 2860. The second kappa shape index (κ2) is 11.0. The molecule has 10 rings (SSSR count). The van der Waals surface area contributed by atoms with E-state index in [0.29, 0.717) is 0 Å². The zero-order valence-electron chi connectivity index (χ0n) is 26.7. The van der Waals surface area contributed by atoms with Crippen molar-refractivity contribution in [3.05, 3.63) is 182 Å². The van der Waals surface area contributed by atoms with Crippen LogP contribution in [0.25, 0.3) is 93.5 Å². The third-order valence-corrected chi connectivity index (χ3v) is 9.96. The fraction of sp³-hybridized carbons (Fsp3) is 0. The maximum absolute atomic E-state index is 5.25. The van der Waals surface area contributed by atoms with Gasteiger partial charge in [0.2, 0.25) is 0 Å². The summed E-state index contributed by atoms with van der Waals surface area (Å²) in [7, 11) is 0. The zero-order valence-corrected chi connectivity index (χ0v) is 26.7. The molecular weight excluding hydrogens is 593 g/mol. The van der Waals surface area contributed by atoms with Gasteiger partial charge in [0.05, 0.1) is 28.1 Å². The van der Waals surface area contributed by atoms with Gasteiger partial charge >= 0.3 is 0 Å². The van der Waals surface area contributed by atoms with Crippen molar-refractivity contribution in [2.75, 3.05) is 0 Å². The first kappa shape index (κ1) is 27.6.